The number of hydrogen-bond acceptors (Lipinski definition) is 6. The van der Waals surface area contributed by atoms with Crippen molar-refractivity contribution in [3.05, 3.63) is 30.6 Å². The minimum absolute atomic E-state index is 0.0874. The summed E-state index contributed by atoms with van der Waals surface area (Å²) in [7, 11) is 1.65. The van der Waals surface area contributed by atoms with Crippen LogP contribution in [0.2, 0.25) is 0 Å². The van der Waals surface area contributed by atoms with Crippen LogP contribution in [0.5, 0.6) is 0 Å². The first-order valence-electron chi connectivity index (χ1n) is 8.52. The van der Waals surface area contributed by atoms with Gasteiger partial charge in [0.1, 0.15) is 23.9 Å². The lowest BCUT2D eigenvalue weighted by molar-refractivity contribution is -0.118. The molecule has 150 valence electrons. The Kier molecular flexibility index (Phi) is 8.04. The number of carbonyl (C=O) groups is 3. The molecule has 0 saturated carbocycles. The number of amides is 2. The highest BCUT2D eigenvalue weighted by Gasteiger charge is 2.24. The van der Waals surface area contributed by atoms with Gasteiger partial charge in [-0.3, -0.25) is 4.79 Å². The van der Waals surface area contributed by atoms with Crippen molar-refractivity contribution in [2.24, 2.45) is 12.8 Å². The number of esters is 1. The van der Waals surface area contributed by atoms with Gasteiger partial charge in [0.15, 0.2) is 0 Å². The molecule has 9 heteroatoms. The number of nitrogens with two attached hydrogens (primary N) is 1. The lowest BCUT2D eigenvalue weighted by atomic mass is 10.2. The number of anilines is 1. The number of hydrogen-bond donors (Lipinski definition) is 3. The van der Waals surface area contributed by atoms with Crippen molar-refractivity contribution in [3.63, 3.8) is 0 Å². The molecule has 9 nitrogen and oxygen atoms in total. The summed E-state index contributed by atoms with van der Waals surface area (Å²) in [5, 5.41) is 5.16. The predicted octanol–water partition coefficient (Wildman–Crippen LogP) is 1.55. The first-order valence-corrected chi connectivity index (χ1v) is 8.52. The molecule has 0 saturated heterocycles. The molecule has 2 amide bonds. The summed E-state index contributed by atoms with van der Waals surface area (Å²) in [6, 6.07) is 0.609. The molecule has 0 aromatic carbocycles. The Labute approximate surface area is 158 Å². The zero-order valence-corrected chi connectivity index (χ0v) is 16.2. The lowest BCUT2D eigenvalue weighted by Gasteiger charge is -2.23. The van der Waals surface area contributed by atoms with Crippen LogP contribution in [-0.2, 0) is 21.3 Å². The second-order valence-electron chi connectivity index (χ2n) is 6.88. The van der Waals surface area contributed by atoms with Crippen molar-refractivity contribution in [1.82, 2.24) is 9.88 Å². The fraction of sp³-hybridized carbons (Fsp3) is 0.500. The number of aryl methyl sites for hydroxylation is 1. The van der Waals surface area contributed by atoms with Crippen molar-refractivity contribution in [3.8, 4) is 0 Å². The van der Waals surface area contributed by atoms with Crippen LogP contribution in [0.15, 0.2) is 24.9 Å². The van der Waals surface area contributed by atoms with Crippen LogP contribution in [0.4, 0.5) is 10.5 Å². The van der Waals surface area contributed by atoms with Gasteiger partial charge in [0, 0.05) is 13.2 Å². The van der Waals surface area contributed by atoms with Gasteiger partial charge in [0.05, 0.1) is 5.69 Å². The van der Waals surface area contributed by atoms with Crippen LogP contribution < -0.4 is 16.4 Å². The lowest BCUT2D eigenvalue weighted by Crippen LogP contribution is -2.46. The fourth-order valence-electron chi connectivity index (χ4n) is 2.16. The van der Waals surface area contributed by atoms with Gasteiger partial charge in [-0.05, 0) is 39.8 Å². The van der Waals surface area contributed by atoms with Gasteiger partial charge in [-0.15, -0.1) is 0 Å². The van der Waals surface area contributed by atoms with E-state index in [1.165, 1.54) is 16.7 Å². The summed E-state index contributed by atoms with van der Waals surface area (Å²) in [6.07, 6.45) is 2.54. The van der Waals surface area contributed by atoms with E-state index in [0.717, 1.165) is 0 Å². The zero-order valence-electron chi connectivity index (χ0n) is 16.2. The molecule has 0 radical (unpaired) electrons. The number of carbonyl (C=O) groups excluding carboxylic acids is 3. The highest BCUT2D eigenvalue weighted by Crippen LogP contribution is 2.15. The smallest absolute Gasteiger partial charge is 0.408 e. The van der Waals surface area contributed by atoms with E-state index >= 15 is 0 Å². The topological polar surface area (TPSA) is 125 Å². The van der Waals surface area contributed by atoms with E-state index in [1.807, 2.05) is 0 Å². The molecule has 0 aliphatic carbocycles. The molecule has 4 N–H and O–H groups in total. The first kappa shape index (κ1) is 22.2. The second kappa shape index (κ2) is 9.77. The van der Waals surface area contributed by atoms with E-state index in [0.29, 0.717) is 5.69 Å². The van der Waals surface area contributed by atoms with Gasteiger partial charge >= 0.3 is 12.1 Å². The Morgan fingerprint density at radius 1 is 1.37 bits per heavy atom. The molecule has 0 spiro atoms. The van der Waals surface area contributed by atoms with Crippen LogP contribution in [0, 0.1) is 0 Å². The first-order chi connectivity index (χ1) is 12.6. The van der Waals surface area contributed by atoms with Crippen LogP contribution in [0.1, 0.15) is 37.7 Å². The van der Waals surface area contributed by atoms with Gasteiger partial charge < -0.3 is 30.4 Å². The molecule has 0 unspecified atom stereocenters. The predicted molar refractivity (Wildman–Crippen MR) is 101 cm³/mol. The summed E-state index contributed by atoms with van der Waals surface area (Å²) in [6.45, 7) is 8.93. The highest BCUT2D eigenvalue weighted by molar-refractivity contribution is 5.98. The maximum Gasteiger partial charge on any atom is 0.408 e. The third kappa shape index (κ3) is 7.53. The van der Waals surface area contributed by atoms with Crippen molar-refractivity contribution < 1.29 is 23.9 Å². The minimum atomic E-state index is -0.874. The fourth-order valence-corrected chi connectivity index (χ4v) is 2.16. The van der Waals surface area contributed by atoms with E-state index in [9.17, 15) is 14.4 Å². The number of aromatic nitrogens is 1. The normalized spacial score (nSPS) is 12.0. The van der Waals surface area contributed by atoms with Crippen LogP contribution in [0.25, 0.3) is 0 Å². The minimum Gasteiger partial charge on any atom is -0.457 e. The van der Waals surface area contributed by atoms with E-state index in [1.54, 1.807) is 34.0 Å². The van der Waals surface area contributed by atoms with Crippen molar-refractivity contribution in [2.75, 3.05) is 18.5 Å². The number of alkyl carbamates (subject to hydrolysis) is 1. The largest absolute Gasteiger partial charge is 0.457 e. The number of nitrogens with one attached hydrogen (secondary N) is 2. The Balaban J connectivity index is 2.80. The molecule has 1 aromatic heterocycles. The van der Waals surface area contributed by atoms with Crippen molar-refractivity contribution >= 4 is 23.7 Å². The number of rotatable bonds is 8. The van der Waals surface area contributed by atoms with E-state index in [2.05, 4.69) is 17.2 Å². The standard InChI is InChI=1S/C18H28N4O5/c1-6-9-26-16(24)14-10-12(11-22(14)5)20-15(23)13(7-8-19)21-17(25)27-18(2,3)4/h6,10-11,13H,1,7-9,19H2,2-5H3,(H,20,23)(H,21,25)/t13-/m1/s1. The molecule has 0 aliphatic heterocycles. The summed E-state index contributed by atoms with van der Waals surface area (Å²) >= 11 is 0. The second-order valence-corrected chi connectivity index (χ2v) is 6.88. The summed E-state index contributed by atoms with van der Waals surface area (Å²) in [5.41, 5.74) is 5.50. The Morgan fingerprint density at radius 3 is 2.59 bits per heavy atom. The highest BCUT2D eigenvalue weighted by atomic mass is 16.6. The van der Waals surface area contributed by atoms with Gasteiger partial charge in [-0.1, -0.05) is 12.7 Å². The van der Waals surface area contributed by atoms with E-state index < -0.39 is 29.6 Å². The monoisotopic (exact) mass is 380 g/mol. The van der Waals surface area contributed by atoms with Gasteiger partial charge in [-0.25, -0.2) is 9.59 Å². The molecule has 0 fully saturated rings. The van der Waals surface area contributed by atoms with Crippen molar-refractivity contribution in [1.29, 1.82) is 0 Å². The average Bonchev–Trinajstić information content (AvgIpc) is 2.90. The molecular weight excluding hydrogens is 352 g/mol. The molecule has 1 heterocycles. The van der Waals surface area contributed by atoms with Crippen LogP contribution in [0.3, 0.4) is 0 Å². The molecule has 0 aliphatic rings. The molecule has 27 heavy (non-hydrogen) atoms. The van der Waals surface area contributed by atoms with Crippen molar-refractivity contribution in [2.45, 2.75) is 38.8 Å². The zero-order chi connectivity index (χ0) is 20.6. The van der Waals surface area contributed by atoms with Gasteiger partial charge in [-0.2, -0.15) is 0 Å². The Bertz CT molecular complexity index is 690. The summed E-state index contributed by atoms with van der Waals surface area (Å²) < 4.78 is 11.7. The third-order valence-electron chi connectivity index (χ3n) is 3.28. The Hall–Kier alpha value is -2.81. The maximum atomic E-state index is 12.5. The van der Waals surface area contributed by atoms with Gasteiger partial charge in [0.25, 0.3) is 0 Å². The maximum absolute atomic E-state index is 12.5. The summed E-state index contributed by atoms with van der Waals surface area (Å²) in [4.78, 5) is 36.4. The average molecular weight is 380 g/mol. The molecule has 1 atom stereocenters. The van der Waals surface area contributed by atoms with Crippen LogP contribution in [-0.4, -0.2) is 47.3 Å². The molecule has 0 bridgehead atoms. The molecular formula is C18H28N4O5. The number of nitrogens with zero attached hydrogens (tertiary/aromatic N) is 1. The number of ether oxygens (including phenoxy) is 2. The van der Waals surface area contributed by atoms with Crippen LogP contribution >= 0.6 is 0 Å². The quantitative estimate of drug-likeness (QED) is 0.464. The van der Waals surface area contributed by atoms with E-state index in [4.69, 9.17) is 15.2 Å². The molecule has 1 aromatic rings. The van der Waals surface area contributed by atoms with E-state index in [-0.39, 0.29) is 25.3 Å². The van der Waals surface area contributed by atoms with Gasteiger partial charge in [0.2, 0.25) is 5.91 Å². The summed E-state index contributed by atoms with van der Waals surface area (Å²) in [5.74, 6) is -1.01. The SMILES string of the molecule is C=CCOC(=O)c1cc(NC(=O)[C@@H](CCN)NC(=O)OC(C)(C)C)cn1C. The third-order valence-corrected chi connectivity index (χ3v) is 3.28. The molecule has 1 rings (SSSR count). The Morgan fingerprint density at radius 2 is 2.04 bits per heavy atom.